The van der Waals surface area contributed by atoms with Gasteiger partial charge in [0.05, 0.1) is 6.04 Å². The van der Waals surface area contributed by atoms with Gasteiger partial charge < -0.3 is 20.5 Å². The van der Waals surface area contributed by atoms with E-state index in [1.54, 1.807) is 6.07 Å². The van der Waals surface area contributed by atoms with Gasteiger partial charge >= 0.3 is 0 Å². The van der Waals surface area contributed by atoms with Crippen LogP contribution >= 0.6 is 0 Å². The third kappa shape index (κ3) is 3.36. The number of carbonyl (C=O) groups is 1. The van der Waals surface area contributed by atoms with Crippen molar-refractivity contribution < 1.29 is 14.6 Å². The zero-order chi connectivity index (χ0) is 15.8. The molecule has 1 aromatic rings. The number of aliphatic hydroxyl groups is 1. The molecule has 0 radical (unpaired) electrons. The Balaban J connectivity index is 2.43. The Morgan fingerprint density at radius 2 is 2.05 bits per heavy atom. The predicted octanol–water partition coefficient (Wildman–Crippen LogP) is 2.22. The number of ether oxygens (including phenoxy) is 1. The van der Waals surface area contributed by atoms with E-state index in [0.717, 1.165) is 11.3 Å². The lowest BCUT2D eigenvalue weighted by atomic mass is 9.86. The summed E-state index contributed by atoms with van der Waals surface area (Å²) in [6, 6.07) is 5.48. The lowest BCUT2D eigenvalue weighted by molar-refractivity contribution is -0.114. The smallest absolute Gasteiger partial charge is 0.221 e. The Labute approximate surface area is 125 Å². The predicted molar refractivity (Wildman–Crippen MR) is 82.5 cm³/mol. The number of carbonyl (C=O) groups excluding carboxylic acids is 1. The Morgan fingerprint density at radius 1 is 1.38 bits per heavy atom. The molecule has 21 heavy (non-hydrogen) atoms. The minimum atomic E-state index is -0.681. The van der Waals surface area contributed by atoms with Crippen LogP contribution in [0.15, 0.2) is 18.2 Å². The largest absolute Gasteiger partial charge is 0.485 e. The second-order valence-corrected chi connectivity index (χ2v) is 6.38. The number of hydrogen-bond donors (Lipinski definition) is 3. The second kappa shape index (κ2) is 5.66. The molecule has 0 aliphatic carbocycles. The van der Waals surface area contributed by atoms with E-state index < -0.39 is 11.7 Å². The molecule has 0 saturated carbocycles. The number of hydrogen-bond acceptors (Lipinski definition) is 4. The van der Waals surface area contributed by atoms with Crippen molar-refractivity contribution in [3.05, 3.63) is 23.8 Å². The molecule has 0 saturated heterocycles. The van der Waals surface area contributed by atoms with Crippen LogP contribution in [-0.4, -0.2) is 28.8 Å². The van der Waals surface area contributed by atoms with Gasteiger partial charge in [-0.05, 0) is 32.0 Å². The first-order chi connectivity index (χ1) is 9.70. The molecule has 0 bridgehead atoms. The van der Waals surface area contributed by atoms with Crippen molar-refractivity contribution in [2.24, 2.45) is 0 Å². The Hall–Kier alpha value is -1.59. The summed E-state index contributed by atoms with van der Waals surface area (Å²) >= 11 is 0. The fraction of sp³-hybridized carbons (Fsp3) is 0.562. The van der Waals surface area contributed by atoms with Crippen LogP contribution in [-0.2, 0) is 4.79 Å². The first-order valence-corrected chi connectivity index (χ1v) is 7.25. The summed E-state index contributed by atoms with van der Waals surface area (Å²) in [6.07, 6.45) is -0.681. The number of anilines is 1. The highest BCUT2D eigenvalue weighted by molar-refractivity contribution is 5.88. The highest BCUT2D eigenvalue weighted by Gasteiger charge is 2.43. The molecule has 3 N–H and O–H groups in total. The van der Waals surface area contributed by atoms with Crippen molar-refractivity contribution >= 4 is 11.6 Å². The number of rotatable bonds is 3. The van der Waals surface area contributed by atoms with Gasteiger partial charge in [0.2, 0.25) is 5.91 Å². The van der Waals surface area contributed by atoms with Gasteiger partial charge in [-0.2, -0.15) is 0 Å². The first-order valence-electron chi connectivity index (χ1n) is 7.25. The van der Waals surface area contributed by atoms with Gasteiger partial charge in [0, 0.05) is 24.2 Å². The summed E-state index contributed by atoms with van der Waals surface area (Å²) in [5, 5.41) is 16.7. The second-order valence-electron chi connectivity index (χ2n) is 6.38. The molecule has 0 unspecified atom stereocenters. The fourth-order valence-corrected chi connectivity index (χ4v) is 2.62. The minimum Gasteiger partial charge on any atom is -0.485 e. The van der Waals surface area contributed by atoms with Crippen molar-refractivity contribution in [2.75, 3.05) is 5.32 Å². The molecule has 2 rings (SSSR count). The van der Waals surface area contributed by atoms with Gasteiger partial charge in [-0.15, -0.1) is 0 Å². The van der Waals surface area contributed by atoms with Crippen LogP contribution in [0.1, 0.15) is 46.2 Å². The van der Waals surface area contributed by atoms with Crippen molar-refractivity contribution in [3.63, 3.8) is 0 Å². The maximum absolute atomic E-state index is 11.2. The molecular formula is C16H24N2O3. The van der Waals surface area contributed by atoms with Crippen LogP contribution in [0.5, 0.6) is 5.75 Å². The number of aliphatic hydroxyl groups excluding tert-OH is 1. The van der Waals surface area contributed by atoms with E-state index in [2.05, 4.69) is 10.6 Å². The fourth-order valence-electron chi connectivity index (χ4n) is 2.62. The van der Waals surface area contributed by atoms with E-state index in [1.807, 2.05) is 39.8 Å². The molecule has 5 nitrogen and oxygen atoms in total. The molecule has 1 aliphatic rings. The van der Waals surface area contributed by atoms with Crippen LogP contribution in [0.2, 0.25) is 0 Å². The van der Waals surface area contributed by atoms with Gasteiger partial charge in [-0.1, -0.05) is 13.8 Å². The topological polar surface area (TPSA) is 70.6 Å². The van der Waals surface area contributed by atoms with E-state index in [-0.39, 0.29) is 18.0 Å². The van der Waals surface area contributed by atoms with Gasteiger partial charge in [-0.3, -0.25) is 4.79 Å². The third-order valence-corrected chi connectivity index (χ3v) is 3.58. The number of benzene rings is 1. The van der Waals surface area contributed by atoms with Crippen LogP contribution < -0.4 is 15.4 Å². The Kier molecular flexibility index (Phi) is 4.25. The maximum atomic E-state index is 11.2. The van der Waals surface area contributed by atoms with Crippen molar-refractivity contribution in [1.82, 2.24) is 5.32 Å². The molecule has 2 atom stereocenters. The lowest BCUT2D eigenvalue weighted by Gasteiger charge is -2.43. The highest BCUT2D eigenvalue weighted by Crippen LogP contribution is 2.41. The van der Waals surface area contributed by atoms with Gasteiger partial charge in [-0.25, -0.2) is 0 Å². The third-order valence-electron chi connectivity index (χ3n) is 3.58. The van der Waals surface area contributed by atoms with Crippen molar-refractivity contribution in [2.45, 2.75) is 58.4 Å². The zero-order valence-electron chi connectivity index (χ0n) is 13.2. The van der Waals surface area contributed by atoms with E-state index in [4.69, 9.17) is 4.74 Å². The quantitative estimate of drug-likeness (QED) is 0.799. The van der Waals surface area contributed by atoms with Crippen LogP contribution in [0.4, 0.5) is 5.69 Å². The van der Waals surface area contributed by atoms with Gasteiger partial charge in [0.15, 0.2) is 0 Å². The van der Waals surface area contributed by atoms with Crippen molar-refractivity contribution in [1.29, 1.82) is 0 Å². The zero-order valence-corrected chi connectivity index (χ0v) is 13.2. The molecule has 0 spiro atoms. The normalized spacial score (nSPS) is 23.4. The standard InChI is InChI=1S/C16H24N2O3/c1-9(2)17-14-12-8-11(18-10(3)19)6-7-13(12)21-16(4,5)15(14)20/h6-9,14-15,17,20H,1-5H3,(H,18,19)/t14-,15+/m0/s1. The van der Waals surface area contributed by atoms with Gasteiger partial charge in [0.1, 0.15) is 17.5 Å². The Bertz CT molecular complexity index is 540. The summed E-state index contributed by atoms with van der Waals surface area (Å²) < 4.78 is 5.90. The van der Waals surface area contributed by atoms with Gasteiger partial charge in [0.25, 0.3) is 0 Å². The molecule has 0 aromatic heterocycles. The van der Waals surface area contributed by atoms with E-state index in [1.165, 1.54) is 6.92 Å². The number of amides is 1. The molecule has 1 amide bonds. The summed E-state index contributed by atoms with van der Waals surface area (Å²) in [5.74, 6) is 0.610. The van der Waals surface area contributed by atoms with Crippen LogP contribution in [0.3, 0.4) is 0 Å². The highest BCUT2D eigenvalue weighted by atomic mass is 16.5. The number of fused-ring (bicyclic) bond motifs is 1. The molecule has 1 aliphatic heterocycles. The van der Waals surface area contributed by atoms with Crippen LogP contribution in [0.25, 0.3) is 0 Å². The Morgan fingerprint density at radius 3 is 2.62 bits per heavy atom. The summed E-state index contributed by atoms with van der Waals surface area (Å²) in [5.41, 5.74) is 0.892. The average molecular weight is 292 g/mol. The molecule has 116 valence electrons. The van der Waals surface area contributed by atoms with Crippen LogP contribution in [0, 0.1) is 0 Å². The molecule has 1 aromatic carbocycles. The lowest BCUT2D eigenvalue weighted by Crippen LogP contribution is -2.53. The summed E-state index contributed by atoms with van der Waals surface area (Å²) in [7, 11) is 0. The summed E-state index contributed by atoms with van der Waals surface area (Å²) in [6.45, 7) is 9.28. The molecule has 1 heterocycles. The van der Waals surface area contributed by atoms with E-state index in [9.17, 15) is 9.90 Å². The van der Waals surface area contributed by atoms with Crippen molar-refractivity contribution in [3.8, 4) is 5.75 Å². The number of nitrogens with one attached hydrogen (secondary N) is 2. The average Bonchev–Trinajstić information content (AvgIpc) is 2.34. The molecule has 5 heteroatoms. The minimum absolute atomic E-state index is 0.124. The maximum Gasteiger partial charge on any atom is 0.221 e. The SMILES string of the molecule is CC(=O)Nc1ccc2c(c1)[C@H](NC(C)C)[C@@H](O)C(C)(C)O2. The monoisotopic (exact) mass is 292 g/mol. The van der Waals surface area contributed by atoms with E-state index in [0.29, 0.717) is 5.69 Å². The molecule has 0 fully saturated rings. The van der Waals surface area contributed by atoms with E-state index >= 15 is 0 Å². The first kappa shape index (κ1) is 15.8. The summed E-state index contributed by atoms with van der Waals surface area (Å²) in [4.78, 5) is 11.2. The molecular weight excluding hydrogens is 268 g/mol.